The van der Waals surface area contributed by atoms with Gasteiger partial charge in [-0.3, -0.25) is 0 Å². The Hall–Kier alpha value is 0.0900. The second-order valence-electron chi connectivity index (χ2n) is 4.70. The molecule has 0 amide bonds. The van der Waals surface area contributed by atoms with Crippen molar-refractivity contribution in [3.8, 4) is 0 Å². The molecule has 6 heteroatoms. The van der Waals surface area contributed by atoms with Gasteiger partial charge in [0, 0.05) is 17.5 Å². The minimum atomic E-state index is -3.38. The van der Waals surface area contributed by atoms with E-state index in [4.69, 9.17) is 0 Å². The largest absolute Gasteiger partial charge is 0.244 e. The van der Waals surface area contributed by atoms with Gasteiger partial charge in [0.05, 0.1) is 8.68 Å². The molecule has 0 fully saturated rings. The normalized spacial score (nSPS) is 14.0. The van der Waals surface area contributed by atoms with Gasteiger partial charge in [-0.05, 0) is 48.7 Å². The quantitative estimate of drug-likeness (QED) is 0.715. The highest BCUT2D eigenvalue weighted by atomic mass is 79.9. The highest BCUT2D eigenvalue weighted by molar-refractivity contribution is 9.11. The third kappa shape index (κ3) is 4.03. The molecule has 1 aromatic rings. The predicted molar refractivity (Wildman–Crippen MR) is 85.3 cm³/mol. The molecule has 0 aliphatic rings. The molecule has 1 rings (SSSR count). The van der Waals surface area contributed by atoms with E-state index in [1.54, 1.807) is 10.4 Å². The fourth-order valence-electron chi connectivity index (χ4n) is 1.91. The Morgan fingerprint density at radius 3 is 2.47 bits per heavy atom. The summed E-state index contributed by atoms with van der Waals surface area (Å²) >= 11 is 4.83. The molecule has 0 bridgehead atoms. The van der Waals surface area contributed by atoms with E-state index >= 15 is 0 Å². The van der Waals surface area contributed by atoms with Crippen molar-refractivity contribution in [1.82, 2.24) is 4.31 Å². The van der Waals surface area contributed by atoms with Crippen LogP contribution in [0.5, 0.6) is 0 Å². The predicted octanol–water partition coefficient (Wildman–Crippen LogP) is 4.41. The number of thiophene rings is 1. The Balaban J connectivity index is 3.15. The van der Waals surface area contributed by atoms with Crippen molar-refractivity contribution in [2.24, 2.45) is 0 Å². The van der Waals surface area contributed by atoms with Crippen molar-refractivity contribution in [3.63, 3.8) is 0 Å². The van der Waals surface area contributed by atoms with Crippen LogP contribution in [0.4, 0.5) is 0 Å². The molecular weight excluding hydrogens is 346 g/mol. The summed E-state index contributed by atoms with van der Waals surface area (Å²) in [5, 5.41) is 0. The van der Waals surface area contributed by atoms with Gasteiger partial charge in [0.1, 0.15) is 0 Å². The molecule has 0 spiro atoms. The first kappa shape index (κ1) is 17.1. The van der Waals surface area contributed by atoms with Gasteiger partial charge < -0.3 is 0 Å². The van der Waals surface area contributed by atoms with E-state index in [2.05, 4.69) is 22.9 Å². The van der Waals surface area contributed by atoms with Gasteiger partial charge in [-0.2, -0.15) is 4.31 Å². The summed E-state index contributed by atoms with van der Waals surface area (Å²) < 4.78 is 28.1. The van der Waals surface area contributed by atoms with Gasteiger partial charge in [0.15, 0.2) is 0 Å². The summed E-state index contributed by atoms with van der Waals surface area (Å²) in [4.78, 5) is 1.29. The molecule has 1 atom stereocenters. The average molecular weight is 368 g/mol. The Kier molecular flexibility index (Phi) is 6.50. The second kappa shape index (κ2) is 7.20. The number of hydrogen-bond donors (Lipinski definition) is 0. The van der Waals surface area contributed by atoms with Crippen molar-refractivity contribution in [2.45, 2.75) is 57.9 Å². The fourth-order valence-corrected chi connectivity index (χ4v) is 6.04. The lowest BCUT2D eigenvalue weighted by Crippen LogP contribution is -2.39. The van der Waals surface area contributed by atoms with E-state index < -0.39 is 10.0 Å². The first-order valence-corrected chi connectivity index (χ1v) is 9.67. The molecule has 0 aliphatic heterocycles. The molecular formula is C13H22BrNO2S2. The first-order chi connectivity index (χ1) is 8.84. The Morgan fingerprint density at radius 1 is 1.42 bits per heavy atom. The highest BCUT2D eigenvalue weighted by Gasteiger charge is 2.30. The topological polar surface area (TPSA) is 37.4 Å². The molecule has 1 heterocycles. The Labute approximate surface area is 129 Å². The lowest BCUT2D eigenvalue weighted by molar-refractivity contribution is 0.324. The van der Waals surface area contributed by atoms with Crippen molar-refractivity contribution in [3.05, 3.63) is 14.7 Å². The number of sulfonamides is 1. The van der Waals surface area contributed by atoms with Crippen LogP contribution >= 0.6 is 27.3 Å². The van der Waals surface area contributed by atoms with Gasteiger partial charge in [-0.1, -0.05) is 20.3 Å². The summed E-state index contributed by atoms with van der Waals surface area (Å²) in [6.45, 7) is 8.53. The lowest BCUT2D eigenvalue weighted by atomic mass is 10.2. The third-order valence-corrected chi connectivity index (χ3v) is 7.07. The number of hydrogen-bond acceptors (Lipinski definition) is 3. The smallest absolute Gasteiger partial charge is 0.207 e. The van der Waals surface area contributed by atoms with Crippen LogP contribution in [0, 0.1) is 6.92 Å². The molecule has 0 saturated heterocycles. The first-order valence-electron chi connectivity index (χ1n) is 6.62. The summed E-state index contributed by atoms with van der Waals surface area (Å²) in [6.07, 6.45) is 2.72. The zero-order valence-electron chi connectivity index (χ0n) is 11.9. The minimum Gasteiger partial charge on any atom is -0.207 e. The van der Waals surface area contributed by atoms with Gasteiger partial charge in [0.2, 0.25) is 10.0 Å². The highest BCUT2D eigenvalue weighted by Crippen LogP contribution is 2.32. The third-order valence-electron chi connectivity index (χ3n) is 3.24. The maximum Gasteiger partial charge on any atom is 0.244 e. The molecule has 0 N–H and O–H groups in total. The molecule has 1 unspecified atom stereocenters. The van der Waals surface area contributed by atoms with Crippen LogP contribution in [0.3, 0.4) is 0 Å². The van der Waals surface area contributed by atoms with Crippen LogP contribution < -0.4 is 0 Å². The lowest BCUT2D eigenvalue weighted by Gasteiger charge is -2.27. The van der Waals surface area contributed by atoms with Crippen molar-refractivity contribution in [1.29, 1.82) is 0 Å². The molecule has 19 heavy (non-hydrogen) atoms. The van der Waals surface area contributed by atoms with Crippen molar-refractivity contribution >= 4 is 37.3 Å². The van der Waals surface area contributed by atoms with Crippen LogP contribution in [0.1, 0.15) is 44.9 Å². The van der Waals surface area contributed by atoms with Crippen LogP contribution in [0.25, 0.3) is 0 Å². The van der Waals surface area contributed by atoms with E-state index in [-0.39, 0.29) is 6.04 Å². The molecule has 0 aromatic carbocycles. The Morgan fingerprint density at radius 2 is 2.05 bits per heavy atom. The van der Waals surface area contributed by atoms with E-state index in [0.717, 1.165) is 27.9 Å². The maximum absolute atomic E-state index is 12.8. The van der Waals surface area contributed by atoms with Crippen LogP contribution in [0.15, 0.2) is 14.7 Å². The zero-order chi connectivity index (χ0) is 14.6. The summed E-state index contributed by atoms with van der Waals surface area (Å²) in [5.41, 5.74) is 0. The summed E-state index contributed by atoms with van der Waals surface area (Å²) in [6, 6.07) is 1.76. The summed E-state index contributed by atoms with van der Waals surface area (Å²) in [7, 11) is -3.38. The molecule has 110 valence electrons. The Bertz CT molecular complexity index is 511. The van der Waals surface area contributed by atoms with E-state index in [0.29, 0.717) is 11.4 Å². The van der Waals surface area contributed by atoms with Crippen molar-refractivity contribution in [2.75, 3.05) is 6.54 Å². The molecule has 0 saturated carbocycles. The van der Waals surface area contributed by atoms with Gasteiger partial charge in [0.25, 0.3) is 0 Å². The molecule has 1 aromatic heterocycles. The van der Waals surface area contributed by atoms with Gasteiger partial charge >= 0.3 is 0 Å². The monoisotopic (exact) mass is 367 g/mol. The number of rotatable bonds is 7. The number of nitrogens with zero attached hydrogens (tertiary/aromatic N) is 1. The SMILES string of the molecule is CCCCN(C(C)CC)S(=O)(=O)c1cc(Br)sc1C. The standard InChI is InChI=1S/C13H22BrNO2S2/c1-5-7-8-15(10(3)6-2)19(16,17)12-9-13(14)18-11(12)4/h9-10H,5-8H2,1-4H3. The molecule has 0 radical (unpaired) electrons. The van der Waals surface area contributed by atoms with Crippen molar-refractivity contribution < 1.29 is 8.42 Å². The van der Waals surface area contributed by atoms with E-state index in [1.807, 2.05) is 20.8 Å². The number of aryl methyl sites for hydroxylation is 1. The van der Waals surface area contributed by atoms with E-state index in [1.165, 1.54) is 11.3 Å². The van der Waals surface area contributed by atoms with Crippen LogP contribution in [-0.2, 0) is 10.0 Å². The fraction of sp³-hybridized carbons (Fsp3) is 0.692. The van der Waals surface area contributed by atoms with Crippen LogP contribution in [0.2, 0.25) is 0 Å². The van der Waals surface area contributed by atoms with Gasteiger partial charge in [-0.15, -0.1) is 11.3 Å². The second-order valence-corrected chi connectivity index (χ2v) is 9.19. The molecule has 3 nitrogen and oxygen atoms in total. The van der Waals surface area contributed by atoms with E-state index in [9.17, 15) is 8.42 Å². The van der Waals surface area contributed by atoms with Crippen LogP contribution in [-0.4, -0.2) is 25.3 Å². The number of halogens is 1. The summed E-state index contributed by atoms with van der Waals surface area (Å²) in [5.74, 6) is 0. The molecule has 0 aliphatic carbocycles. The zero-order valence-corrected chi connectivity index (χ0v) is 15.2. The average Bonchev–Trinajstić information content (AvgIpc) is 2.69. The maximum atomic E-state index is 12.8. The minimum absolute atomic E-state index is 0.0367. The number of unbranched alkanes of at least 4 members (excludes halogenated alkanes) is 1. The van der Waals surface area contributed by atoms with Gasteiger partial charge in [-0.25, -0.2) is 8.42 Å².